The predicted octanol–water partition coefficient (Wildman–Crippen LogP) is 4.02. The summed E-state index contributed by atoms with van der Waals surface area (Å²) in [6, 6.07) is 12.8. The maximum absolute atomic E-state index is 6.01. The van der Waals surface area contributed by atoms with Gasteiger partial charge < -0.3 is 10.2 Å². The van der Waals surface area contributed by atoms with Gasteiger partial charge in [0.25, 0.3) is 0 Å². The molecule has 1 aliphatic heterocycles. The van der Waals surface area contributed by atoms with Crippen molar-refractivity contribution in [3.8, 4) is 11.3 Å². The molecule has 2 N–H and O–H groups in total. The first-order chi connectivity index (χ1) is 10.3. The van der Waals surface area contributed by atoms with Gasteiger partial charge in [-0.3, -0.25) is 4.90 Å². The Bertz CT molecular complexity index is 579. The molecule has 2 heterocycles. The average Bonchev–Trinajstić information content (AvgIpc) is 2.97. The Labute approximate surface area is 134 Å². The third kappa shape index (κ3) is 3.57. The van der Waals surface area contributed by atoms with Gasteiger partial charge in [0.05, 0.1) is 6.54 Å². The first-order valence-electron chi connectivity index (χ1n) is 7.55. The summed E-state index contributed by atoms with van der Waals surface area (Å²) < 4.78 is 7.09. The van der Waals surface area contributed by atoms with Crippen LogP contribution in [0.1, 0.15) is 25.0 Å². The Morgan fingerprint density at radius 1 is 1.14 bits per heavy atom. The number of hydrogen-bond acceptors (Lipinski definition) is 3. The van der Waals surface area contributed by atoms with Gasteiger partial charge in [0.15, 0.2) is 0 Å². The fraction of sp³-hybridized carbons (Fsp3) is 0.412. The largest absolute Gasteiger partial charge is 0.460 e. The summed E-state index contributed by atoms with van der Waals surface area (Å²) in [6.07, 6.45) is 3.76. The molecule has 112 valence electrons. The molecule has 0 amide bonds. The minimum atomic E-state index is 0.500. The van der Waals surface area contributed by atoms with Crippen molar-refractivity contribution in [3.63, 3.8) is 0 Å². The normalized spacial score (nSPS) is 19.8. The number of furan rings is 1. The third-order valence-corrected chi connectivity index (χ3v) is 4.70. The monoisotopic (exact) mass is 348 g/mol. The third-order valence-electron chi connectivity index (χ3n) is 4.17. The first-order valence-corrected chi connectivity index (χ1v) is 8.34. The van der Waals surface area contributed by atoms with Crippen LogP contribution >= 0.6 is 15.9 Å². The lowest BCUT2D eigenvalue weighted by Gasteiger charge is -2.34. The molecule has 3 rings (SSSR count). The highest BCUT2D eigenvalue weighted by atomic mass is 79.9. The van der Waals surface area contributed by atoms with Crippen LogP contribution in [0, 0.1) is 0 Å². The van der Waals surface area contributed by atoms with Crippen molar-refractivity contribution in [2.75, 3.05) is 13.1 Å². The molecule has 0 bridgehead atoms. The van der Waals surface area contributed by atoms with E-state index in [-0.39, 0.29) is 0 Å². The van der Waals surface area contributed by atoms with Gasteiger partial charge in [-0.25, -0.2) is 0 Å². The van der Waals surface area contributed by atoms with Gasteiger partial charge in [0, 0.05) is 22.6 Å². The second-order valence-corrected chi connectivity index (χ2v) is 6.54. The summed E-state index contributed by atoms with van der Waals surface area (Å²) in [4.78, 5) is 2.45. The molecule has 0 spiro atoms. The summed E-state index contributed by atoms with van der Waals surface area (Å²) in [5, 5.41) is 0. The van der Waals surface area contributed by atoms with Crippen LogP contribution in [-0.4, -0.2) is 24.0 Å². The highest BCUT2D eigenvalue weighted by molar-refractivity contribution is 9.10. The lowest BCUT2D eigenvalue weighted by molar-refractivity contribution is 0.135. The molecule has 1 aromatic heterocycles. The molecule has 1 aromatic carbocycles. The molecule has 2 aromatic rings. The van der Waals surface area contributed by atoms with E-state index in [0.717, 1.165) is 41.2 Å². The van der Waals surface area contributed by atoms with E-state index >= 15 is 0 Å². The predicted molar refractivity (Wildman–Crippen MR) is 88.9 cm³/mol. The van der Waals surface area contributed by atoms with Crippen LogP contribution in [0.4, 0.5) is 0 Å². The van der Waals surface area contributed by atoms with Crippen molar-refractivity contribution in [3.05, 3.63) is 46.6 Å². The Morgan fingerprint density at radius 3 is 2.71 bits per heavy atom. The molecule has 1 atom stereocenters. The van der Waals surface area contributed by atoms with E-state index < -0.39 is 0 Å². The maximum Gasteiger partial charge on any atom is 0.134 e. The van der Waals surface area contributed by atoms with Gasteiger partial charge in [-0.1, -0.05) is 34.5 Å². The van der Waals surface area contributed by atoms with E-state index in [1.165, 1.54) is 19.3 Å². The summed E-state index contributed by atoms with van der Waals surface area (Å²) >= 11 is 3.45. The minimum Gasteiger partial charge on any atom is -0.460 e. The van der Waals surface area contributed by atoms with Gasteiger partial charge in [-0.2, -0.15) is 0 Å². The highest BCUT2D eigenvalue weighted by Crippen LogP contribution is 2.26. The number of hydrogen-bond donors (Lipinski definition) is 1. The molecular weight excluding hydrogens is 328 g/mol. The van der Waals surface area contributed by atoms with Crippen molar-refractivity contribution < 1.29 is 4.42 Å². The lowest BCUT2D eigenvalue weighted by atomic mass is 10.0. The number of likely N-dealkylation sites (tertiary alicyclic amines) is 1. The summed E-state index contributed by atoms with van der Waals surface area (Å²) in [5.74, 6) is 1.95. The zero-order chi connectivity index (χ0) is 14.7. The van der Waals surface area contributed by atoms with E-state index in [4.69, 9.17) is 10.2 Å². The van der Waals surface area contributed by atoms with Gasteiger partial charge in [-0.05, 0) is 43.7 Å². The van der Waals surface area contributed by atoms with E-state index in [9.17, 15) is 0 Å². The molecule has 0 saturated carbocycles. The lowest BCUT2D eigenvalue weighted by Crippen LogP contribution is -2.43. The Balaban J connectivity index is 1.71. The van der Waals surface area contributed by atoms with Crippen LogP contribution < -0.4 is 5.73 Å². The van der Waals surface area contributed by atoms with Gasteiger partial charge in [0.2, 0.25) is 0 Å². The van der Waals surface area contributed by atoms with Crippen LogP contribution in [0.2, 0.25) is 0 Å². The summed E-state index contributed by atoms with van der Waals surface area (Å²) in [6.45, 7) is 2.72. The molecule has 3 nitrogen and oxygen atoms in total. The number of piperidine rings is 1. The Hall–Kier alpha value is -1.10. The van der Waals surface area contributed by atoms with Crippen LogP contribution in [-0.2, 0) is 6.54 Å². The number of benzene rings is 1. The molecular formula is C17H21BrN2O. The quantitative estimate of drug-likeness (QED) is 0.907. The van der Waals surface area contributed by atoms with Crippen molar-refractivity contribution in [1.82, 2.24) is 4.90 Å². The van der Waals surface area contributed by atoms with E-state index in [1.54, 1.807) is 0 Å². The van der Waals surface area contributed by atoms with Gasteiger partial charge in [0.1, 0.15) is 11.5 Å². The van der Waals surface area contributed by atoms with Gasteiger partial charge >= 0.3 is 0 Å². The highest BCUT2D eigenvalue weighted by Gasteiger charge is 2.22. The zero-order valence-corrected chi connectivity index (χ0v) is 13.7. The van der Waals surface area contributed by atoms with Crippen LogP contribution in [0.15, 0.2) is 45.3 Å². The molecule has 1 saturated heterocycles. The summed E-state index contributed by atoms with van der Waals surface area (Å²) in [5.41, 5.74) is 6.99. The smallest absolute Gasteiger partial charge is 0.134 e. The summed E-state index contributed by atoms with van der Waals surface area (Å²) in [7, 11) is 0. The fourth-order valence-electron chi connectivity index (χ4n) is 2.97. The van der Waals surface area contributed by atoms with Crippen molar-refractivity contribution >= 4 is 15.9 Å². The second kappa shape index (κ2) is 6.77. The molecule has 0 aliphatic carbocycles. The van der Waals surface area contributed by atoms with Crippen LogP contribution in [0.25, 0.3) is 11.3 Å². The van der Waals surface area contributed by atoms with E-state index in [1.807, 2.05) is 12.1 Å². The second-order valence-electron chi connectivity index (χ2n) is 5.63. The number of nitrogens with two attached hydrogens (primary N) is 1. The van der Waals surface area contributed by atoms with E-state index in [0.29, 0.717) is 6.04 Å². The fourth-order valence-corrected chi connectivity index (χ4v) is 3.23. The van der Waals surface area contributed by atoms with Crippen molar-refractivity contribution in [2.24, 2.45) is 5.73 Å². The zero-order valence-electron chi connectivity index (χ0n) is 12.1. The van der Waals surface area contributed by atoms with Crippen molar-refractivity contribution in [1.29, 1.82) is 0 Å². The maximum atomic E-state index is 6.01. The van der Waals surface area contributed by atoms with Crippen LogP contribution in [0.3, 0.4) is 0 Å². The van der Waals surface area contributed by atoms with Crippen molar-refractivity contribution in [2.45, 2.75) is 31.8 Å². The number of halogens is 1. The molecule has 21 heavy (non-hydrogen) atoms. The number of nitrogens with zero attached hydrogens (tertiary/aromatic N) is 1. The molecule has 1 unspecified atom stereocenters. The Kier molecular flexibility index (Phi) is 4.78. The van der Waals surface area contributed by atoms with Gasteiger partial charge in [-0.15, -0.1) is 0 Å². The Morgan fingerprint density at radius 2 is 1.95 bits per heavy atom. The molecule has 4 heteroatoms. The first kappa shape index (κ1) is 14.8. The molecule has 0 radical (unpaired) electrons. The molecule has 1 fully saturated rings. The average molecular weight is 349 g/mol. The topological polar surface area (TPSA) is 42.4 Å². The molecule has 1 aliphatic rings. The van der Waals surface area contributed by atoms with E-state index in [2.05, 4.69) is 45.1 Å². The van der Waals surface area contributed by atoms with Crippen LogP contribution in [0.5, 0.6) is 0 Å². The number of rotatable bonds is 4. The minimum absolute atomic E-state index is 0.500. The standard InChI is InChI=1S/C17H21BrN2O/c18-14-6-4-13(5-7-14)17-9-8-16(21-17)12-20-10-2-1-3-15(20)11-19/h4-9,15H,1-3,10-12,19H2. The SMILES string of the molecule is NCC1CCCCN1Cc1ccc(-c2ccc(Br)cc2)o1.